The van der Waals surface area contributed by atoms with Crippen LogP contribution < -0.4 is 11.1 Å². The van der Waals surface area contributed by atoms with E-state index in [1.807, 2.05) is 0 Å². The van der Waals surface area contributed by atoms with Gasteiger partial charge in [0.15, 0.2) is 5.58 Å². The molecule has 5 heteroatoms. The minimum absolute atomic E-state index is 0.0106. The molecule has 0 radical (unpaired) electrons. The van der Waals surface area contributed by atoms with Crippen LogP contribution in [0.15, 0.2) is 27.4 Å². The van der Waals surface area contributed by atoms with Crippen molar-refractivity contribution in [2.24, 2.45) is 13.0 Å². The molecule has 0 aliphatic rings. The van der Waals surface area contributed by atoms with Crippen molar-refractivity contribution >= 4 is 22.7 Å². The van der Waals surface area contributed by atoms with Crippen molar-refractivity contribution in [1.29, 1.82) is 0 Å². The molecule has 1 aromatic carbocycles. The maximum atomic E-state index is 11.9. The van der Waals surface area contributed by atoms with Gasteiger partial charge in [-0.1, -0.05) is 26.7 Å². The molecule has 0 saturated heterocycles. The second kappa shape index (κ2) is 5.94. The van der Waals surface area contributed by atoms with E-state index in [9.17, 15) is 9.59 Å². The number of hydrogen-bond acceptors (Lipinski definition) is 3. The Hall–Kier alpha value is -2.04. The summed E-state index contributed by atoms with van der Waals surface area (Å²) in [6, 6.07) is 5.23. The smallest absolute Gasteiger partial charge is 0.408 e. The SMILES string of the molecule is CCCC(C)CC(=O)Nc1ccc2c(c1)oc(=O)n2C. The molecule has 1 unspecified atom stereocenters. The van der Waals surface area contributed by atoms with Gasteiger partial charge in [-0.25, -0.2) is 4.79 Å². The molecule has 0 fully saturated rings. The van der Waals surface area contributed by atoms with Gasteiger partial charge in [0.1, 0.15) is 0 Å². The van der Waals surface area contributed by atoms with Crippen LogP contribution in [0.4, 0.5) is 5.69 Å². The number of rotatable bonds is 5. The number of nitrogens with one attached hydrogen (secondary N) is 1. The van der Waals surface area contributed by atoms with E-state index >= 15 is 0 Å². The molecule has 1 aromatic heterocycles. The average molecular weight is 276 g/mol. The standard InChI is InChI=1S/C15H20N2O3/c1-4-5-10(2)8-14(18)16-11-6-7-12-13(9-11)20-15(19)17(12)3/h6-7,9-10H,4-5,8H2,1-3H3,(H,16,18). The number of hydrogen-bond donors (Lipinski definition) is 1. The fraction of sp³-hybridized carbons (Fsp3) is 0.467. The third-order valence-electron chi connectivity index (χ3n) is 3.39. The lowest BCUT2D eigenvalue weighted by atomic mass is 10.0. The van der Waals surface area contributed by atoms with Gasteiger partial charge in [0.25, 0.3) is 0 Å². The van der Waals surface area contributed by atoms with Gasteiger partial charge < -0.3 is 9.73 Å². The molecule has 0 spiro atoms. The Kier molecular flexibility index (Phi) is 4.27. The van der Waals surface area contributed by atoms with E-state index in [0.717, 1.165) is 12.8 Å². The maximum Gasteiger partial charge on any atom is 0.419 e. The molecule has 1 atom stereocenters. The van der Waals surface area contributed by atoms with E-state index in [2.05, 4.69) is 19.2 Å². The molecule has 1 heterocycles. The highest BCUT2D eigenvalue weighted by molar-refractivity contribution is 5.92. The Morgan fingerprint density at radius 1 is 1.45 bits per heavy atom. The van der Waals surface area contributed by atoms with Crippen molar-refractivity contribution in [2.75, 3.05) is 5.32 Å². The zero-order chi connectivity index (χ0) is 14.7. The molecule has 5 nitrogen and oxygen atoms in total. The Morgan fingerprint density at radius 2 is 2.20 bits per heavy atom. The van der Waals surface area contributed by atoms with Gasteiger partial charge in [0, 0.05) is 25.2 Å². The largest absolute Gasteiger partial charge is 0.419 e. The van der Waals surface area contributed by atoms with Crippen LogP contribution in [0, 0.1) is 5.92 Å². The van der Waals surface area contributed by atoms with Crippen molar-refractivity contribution < 1.29 is 9.21 Å². The van der Waals surface area contributed by atoms with Crippen LogP contribution in [0.5, 0.6) is 0 Å². The van der Waals surface area contributed by atoms with Gasteiger partial charge >= 0.3 is 5.76 Å². The lowest BCUT2D eigenvalue weighted by Crippen LogP contribution is -2.15. The zero-order valence-corrected chi connectivity index (χ0v) is 12.1. The zero-order valence-electron chi connectivity index (χ0n) is 12.1. The monoisotopic (exact) mass is 276 g/mol. The summed E-state index contributed by atoms with van der Waals surface area (Å²) in [5.41, 5.74) is 1.85. The van der Waals surface area contributed by atoms with E-state index in [1.54, 1.807) is 25.2 Å². The number of carbonyl (C=O) groups excluding carboxylic acids is 1. The van der Waals surface area contributed by atoms with E-state index < -0.39 is 5.76 Å². The van der Waals surface area contributed by atoms with Gasteiger partial charge in [0.05, 0.1) is 5.52 Å². The fourth-order valence-electron chi connectivity index (χ4n) is 2.33. The minimum Gasteiger partial charge on any atom is -0.408 e. The summed E-state index contributed by atoms with van der Waals surface area (Å²) < 4.78 is 6.53. The van der Waals surface area contributed by atoms with Crippen LogP contribution in [-0.2, 0) is 11.8 Å². The first-order valence-corrected chi connectivity index (χ1v) is 6.90. The number of aryl methyl sites for hydroxylation is 1. The van der Waals surface area contributed by atoms with Crippen LogP contribution in [0.3, 0.4) is 0 Å². The third kappa shape index (κ3) is 3.10. The van der Waals surface area contributed by atoms with Crippen LogP contribution in [0.2, 0.25) is 0 Å². The van der Waals surface area contributed by atoms with Crippen molar-refractivity contribution in [2.45, 2.75) is 33.1 Å². The highest BCUT2D eigenvalue weighted by atomic mass is 16.4. The van der Waals surface area contributed by atoms with Gasteiger partial charge in [-0.2, -0.15) is 0 Å². The second-order valence-corrected chi connectivity index (χ2v) is 5.26. The molecule has 1 amide bonds. The number of oxazole rings is 1. The normalized spacial score (nSPS) is 12.6. The van der Waals surface area contributed by atoms with Crippen LogP contribution in [0.1, 0.15) is 33.1 Å². The summed E-state index contributed by atoms with van der Waals surface area (Å²) in [7, 11) is 1.65. The van der Waals surface area contributed by atoms with Gasteiger partial charge in [0.2, 0.25) is 5.91 Å². The summed E-state index contributed by atoms with van der Waals surface area (Å²) >= 11 is 0. The van der Waals surface area contributed by atoms with Crippen LogP contribution >= 0.6 is 0 Å². The van der Waals surface area contributed by atoms with E-state index in [1.165, 1.54) is 4.57 Å². The molecule has 0 aliphatic carbocycles. The van der Waals surface area contributed by atoms with E-state index in [-0.39, 0.29) is 5.91 Å². The van der Waals surface area contributed by atoms with Gasteiger partial charge in [-0.15, -0.1) is 0 Å². The fourth-order valence-corrected chi connectivity index (χ4v) is 2.33. The predicted octanol–water partition coefficient (Wildman–Crippen LogP) is 2.90. The molecule has 20 heavy (non-hydrogen) atoms. The summed E-state index contributed by atoms with van der Waals surface area (Å²) in [4.78, 5) is 23.3. The topological polar surface area (TPSA) is 64.2 Å². The highest BCUT2D eigenvalue weighted by Gasteiger charge is 2.10. The highest BCUT2D eigenvalue weighted by Crippen LogP contribution is 2.19. The number of amides is 1. The Bertz CT molecular complexity index is 669. The third-order valence-corrected chi connectivity index (χ3v) is 3.39. The molecule has 2 rings (SSSR count). The van der Waals surface area contributed by atoms with Gasteiger partial charge in [-0.3, -0.25) is 9.36 Å². The summed E-state index contributed by atoms with van der Waals surface area (Å²) in [6.07, 6.45) is 2.63. The Morgan fingerprint density at radius 3 is 2.90 bits per heavy atom. The molecule has 108 valence electrons. The summed E-state index contributed by atoms with van der Waals surface area (Å²) in [5.74, 6) is -0.0398. The molecule has 2 aromatic rings. The summed E-state index contributed by atoms with van der Waals surface area (Å²) in [5, 5.41) is 2.84. The predicted molar refractivity (Wildman–Crippen MR) is 78.8 cm³/mol. The molecule has 0 bridgehead atoms. The number of benzene rings is 1. The van der Waals surface area contributed by atoms with E-state index in [0.29, 0.717) is 29.1 Å². The van der Waals surface area contributed by atoms with Crippen molar-refractivity contribution in [3.8, 4) is 0 Å². The van der Waals surface area contributed by atoms with Crippen LogP contribution in [0.25, 0.3) is 11.1 Å². The van der Waals surface area contributed by atoms with Crippen molar-refractivity contribution in [1.82, 2.24) is 4.57 Å². The quantitative estimate of drug-likeness (QED) is 0.913. The average Bonchev–Trinajstić information content (AvgIpc) is 2.64. The molecule has 0 aliphatic heterocycles. The maximum absolute atomic E-state index is 11.9. The first-order chi connectivity index (χ1) is 9.51. The number of nitrogens with zero attached hydrogens (tertiary/aromatic N) is 1. The Labute approximate surface area is 117 Å². The lowest BCUT2D eigenvalue weighted by Gasteiger charge is -2.10. The van der Waals surface area contributed by atoms with Crippen LogP contribution in [-0.4, -0.2) is 10.5 Å². The van der Waals surface area contributed by atoms with E-state index in [4.69, 9.17) is 4.42 Å². The minimum atomic E-state index is -0.403. The first-order valence-electron chi connectivity index (χ1n) is 6.90. The first kappa shape index (κ1) is 14.4. The number of carbonyl (C=O) groups is 1. The molecule has 0 saturated carbocycles. The number of fused-ring (bicyclic) bond motifs is 1. The molecule has 1 N–H and O–H groups in total. The van der Waals surface area contributed by atoms with Crippen molar-refractivity contribution in [3.63, 3.8) is 0 Å². The second-order valence-electron chi connectivity index (χ2n) is 5.26. The number of aromatic nitrogens is 1. The lowest BCUT2D eigenvalue weighted by molar-refractivity contribution is -0.117. The molecular weight excluding hydrogens is 256 g/mol. The van der Waals surface area contributed by atoms with Gasteiger partial charge in [-0.05, 0) is 18.1 Å². The Balaban J connectivity index is 2.10. The molecular formula is C15H20N2O3. The van der Waals surface area contributed by atoms with Crippen molar-refractivity contribution in [3.05, 3.63) is 28.7 Å². The summed E-state index contributed by atoms with van der Waals surface area (Å²) in [6.45, 7) is 4.18. The number of anilines is 1.